The van der Waals surface area contributed by atoms with E-state index in [1.807, 2.05) is 56.6 Å². The molecular formula is C19H21BrClN3O2S. The standard InChI is InChI=1S/C19H20BrN3O2S.ClH/c1-22(2)10-11-23(18(24)14-6-4-5-7-15(14)20)19-21-16-12-13(25-3)8-9-17(16)26-19;/h4-9,12H,10-11H2,1-3H3;1H. The highest BCUT2D eigenvalue weighted by Gasteiger charge is 2.23. The van der Waals surface area contributed by atoms with Gasteiger partial charge in [-0.1, -0.05) is 23.5 Å². The summed E-state index contributed by atoms with van der Waals surface area (Å²) in [4.78, 5) is 21.7. The molecule has 0 radical (unpaired) electrons. The summed E-state index contributed by atoms with van der Waals surface area (Å²) in [6, 6.07) is 13.2. The van der Waals surface area contributed by atoms with E-state index in [0.29, 0.717) is 17.2 Å². The summed E-state index contributed by atoms with van der Waals surface area (Å²) < 4.78 is 7.08. The number of halogens is 2. The average molecular weight is 471 g/mol. The number of nitrogens with zero attached hydrogens (tertiary/aromatic N) is 3. The topological polar surface area (TPSA) is 45.7 Å². The number of likely N-dealkylation sites (N-methyl/N-ethyl adjacent to an activating group) is 1. The Kier molecular flexibility index (Phi) is 7.61. The summed E-state index contributed by atoms with van der Waals surface area (Å²) in [7, 11) is 5.61. The number of anilines is 1. The molecule has 1 heterocycles. The molecular weight excluding hydrogens is 450 g/mol. The molecule has 0 unspecified atom stereocenters. The monoisotopic (exact) mass is 469 g/mol. The van der Waals surface area contributed by atoms with E-state index in [9.17, 15) is 4.79 Å². The van der Waals surface area contributed by atoms with Gasteiger partial charge in [0, 0.05) is 23.6 Å². The molecule has 0 aliphatic rings. The van der Waals surface area contributed by atoms with E-state index in [2.05, 4.69) is 25.8 Å². The maximum absolute atomic E-state index is 13.2. The lowest BCUT2D eigenvalue weighted by molar-refractivity contribution is 0.0984. The van der Waals surface area contributed by atoms with E-state index in [1.54, 1.807) is 12.0 Å². The van der Waals surface area contributed by atoms with Crippen molar-refractivity contribution in [1.82, 2.24) is 9.88 Å². The van der Waals surface area contributed by atoms with Crippen molar-refractivity contribution in [2.24, 2.45) is 0 Å². The molecule has 0 N–H and O–H groups in total. The number of fused-ring (bicyclic) bond motifs is 1. The Balaban J connectivity index is 0.00000261. The SMILES string of the molecule is COc1ccc2sc(N(CCN(C)C)C(=O)c3ccccc3Br)nc2c1.Cl. The van der Waals surface area contributed by atoms with Gasteiger partial charge in [0.1, 0.15) is 5.75 Å². The molecule has 0 atom stereocenters. The number of methoxy groups -OCH3 is 1. The maximum atomic E-state index is 13.2. The first kappa shape index (κ1) is 21.6. The Bertz CT molecular complexity index is 932. The van der Waals surface area contributed by atoms with Gasteiger partial charge in [-0.25, -0.2) is 4.98 Å². The molecule has 0 saturated heterocycles. The van der Waals surface area contributed by atoms with E-state index in [1.165, 1.54) is 11.3 Å². The number of thiazole rings is 1. The second-order valence-corrected chi connectivity index (χ2v) is 7.93. The molecule has 1 amide bonds. The highest BCUT2D eigenvalue weighted by molar-refractivity contribution is 9.10. The number of aromatic nitrogens is 1. The number of hydrogen-bond donors (Lipinski definition) is 0. The number of rotatable bonds is 6. The molecule has 3 aromatic rings. The molecule has 1 aromatic heterocycles. The van der Waals surface area contributed by atoms with Crippen molar-refractivity contribution in [3.63, 3.8) is 0 Å². The molecule has 0 bridgehead atoms. The number of benzene rings is 2. The third-order valence-corrected chi connectivity index (χ3v) is 5.69. The van der Waals surface area contributed by atoms with Crippen LogP contribution in [0.4, 0.5) is 5.13 Å². The van der Waals surface area contributed by atoms with Crippen LogP contribution in [0, 0.1) is 0 Å². The number of amides is 1. The Morgan fingerprint density at radius 2 is 1.93 bits per heavy atom. The minimum Gasteiger partial charge on any atom is -0.497 e. The molecule has 0 spiro atoms. The lowest BCUT2D eigenvalue weighted by Crippen LogP contribution is -2.36. The molecule has 0 aliphatic heterocycles. The zero-order valence-electron chi connectivity index (χ0n) is 15.3. The fourth-order valence-corrected chi connectivity index (χ4v) is 3.93. The van der Waals surface area contributed by atoms with Crippen molar-refractivity contribution >= 4 is 60.9 Å². The minimum absolute atomic E-state index is 0. The van der Waals surface area contributed by atoms with Crippen LogP contribution in [0.5, 0.6) is 5.75 Å². The fraction of sp³-hybridized carbons (Fsp3) is 0.263. The normalized spacial score (nSPS) is 10.7. The van der Waals surface area contributed by atoms with E-state index < -0.39 is 0 Å². The van der Waals surface area contributed by atoms with Crippen molar-refractivity contribution < 1.29 is 9.53 Å². The number of hydrogen-bond acceptors (Lipinski definition) is 5. The largest absolute Gasteiger partial charge is 0.497 e. The lowest BCUT2D eigenvalue weighted by Gasteiger charge is -2.22. The Labute approximate surface area is 177 Å². The average Bonchev–Trinajstić information content (AvgIpc) is 3.04. The van der Waals surface area contributed by atoms with Crippen LogP contribution in [0.25, 0.3) is 10.2 Å². The summed E-state index contributed by atoms with van der Waals surface area (Å²) in [5.74, 6) is 0.691. The van der Waals surface area contributed by atoms with Gasteiger partial charge in [-0.15, -0.1) is 12.4 Å². The molecule has 0 aliphatic carbocycles. The Hall–Kier alpha value is -1.67. The van der Waals surface area contributed by atoms with Crippen LogP contribution in [0.15, 0.2) is 46.9 Å². The van der Waals surface area contributed by atoms with Crippen molar-refractivity contribution in [3.8, 4) is 5.75 Å². The van der Waals surface area contributed by atoms with Gasteiger partial charge in [-0.3, -0.25) is 9.69 Å². The van der Waals surface area contributed by atoms with Crippen LogP contribution in [-0.2, 0) is 0 Å². The van der Waals surface area contributed by atoms with E-state index in [-0.39, 0.29) is 18.3 Å². The van der Waals surface area contributed by atoms with Gasteiger partial charge in [0.25, 0.3) is 5.91 Å². The molecule has 144 valence electrons. The number of carbonyl (C=O) groups excluding carboxylic acids is 1. The van der Waals surface area contributed by atoms with Crippen LogP contribution in [0.2, 0.25) is 0 Å². The minimum atomic E-state index is -0.0645. The van der Waals surface area contributed by atoms with Gasteiger partial charge < -0.3 is 9.64 Å². The van der Waals surface area contributed by atoms with Gasteiger partial charge in [-0.05, 0) is 54.3 Å². The zero-order chi connectivity index (χ0) is 18.7. The van der Waals surface area contributed by atoms with Gasteiger partial charge in [0.15, 0.2) is 5.13 Å². The summed E-state index contributed by atoms with van der Waals surface area (Å²) in [6.07, 6.45) is 0. The van der Waals surface area contributed by atoms with Crippen LogP contribution in [-0.4, -0.2) is 50.1 Å². The van der Waals surface area contributed by atoms with Crippen LogP contribution in [0.3, 0.4) is 0 Å². The number of ether oxygens (including phenoxy) is 1. The highest BCUT2D eigenvalue weighted by Crippen LogP contribution is 2.32. The molecule has 0 saturated carbocycles. The predicted molar refractivity (Wildman–Crippen MR) is 118 cm³/mol. The molecule has 3 rings (SSSR count). The van der Waals surface area contributed by atoms with E-state index in [0.717, 1.165) is 27.0 Å². The maximum Gasteiger partial charge on any atom is 0.261 e. The molecule has 8 heteroatoms. The van der Waals surface area contributed by atoms with Crippen LogP contribution in [0.1, 0.15) is 10.4 Å². The second-order valence-electron chi connectivity index (χ2n) is 6.07. The van der Waals surface area contributed by atoms with Crippen molar-refractivity contribution in [3.05, 3.63) is 52.5 Å². The van der Waals surface area contributed by atoms with Gasteiger partial charge >= 0.3 is 0 Å². The zero-order valence-corrected chi connectivity index (χ0v) is 18.5. The van der Waals surface area contributed by atoms with Crippen LogP contribution >= 0.6 is 39.7 Å². The van der Waals surface area contributed by atoms with Gasteiger partial charge in [0.2, 0.25) is 0 Å². The number of carbonyl (C=O) groups is 1. The quantitative estimate of drug-likeness (QED) is 0.524. The molecule has 2 aromatic carbocycles. The lowest BCUT2D eigenvalue weighted by atomic mass is 10.2. The third kappa shape index (κ3) is 4.99. The predicted octanol–water partition coefficient (Wildman–Crippen LogP) is 4.70. The highest BCUT2D eigenvalue weighted by atomic mass is 79.9. The third-order valence-electron chi connectivity index (χ3n) is 3.93. The first-order valence-electron chi connectivity index (χ1n) is 8.15. The smallest absolute Gasteiger partial charge is 0.261 e. The van der Waals surface area contributed by atoms with Gasteiger partial charge in [-0.2, -0.15) is 0 Å². The first-order valence-corrected chi connectivity index (χ1v) is 9.76. The van der Waals surface area contributed by atoms with Gasteiger partial charge in [0.05, 0.1) is 22.9 Å². The summed E-state index contributed by atoms with van der Waals surface area (Å²) >= 11 is 4.99. The van der Waals surface area contributed by atoms with E-state index >= 15 is 0 Å². The molecule has 5 nitrogen and oxygen atoms in total. The molecule has 27 heavy (non-hydrogen) atoms. The second kappa shape index (κ2) is 9.50. The van der Waals surface area contributed by atoms with Crippen molar-refractivity contribution in [1.29, 1.82) is 0 Å². The Morgan fingerprint density at radius 1 is 1.19 bits per heavy atom. The fourth-order valence-electron chi connectivity index (χ4n) is 2.50. The Morgan fingerprint density at radius 3 is 2.59 bits per heavy atom. The molecule has 0 fully saturated rings. The summed E-state index contributed by atoms with van der Waals surface area (Å²) in [6.45, 7) is 1.31. The van der Waals surface area contributed by atoms with Crippen LogP contribution < -0.4 is 9.64 Å². The van der Waals surface area contributed by atoms with Crippen molar-refractivity contribution in [2.45, 2.75) is 0 Å². The van der Waals surface area contributed by atoms with Crippen molar-refractivity contribution in [2.75, 3.05) is 39.2 Å². The summed E-state index contributed by atoms with van der Waals surface area (Å²) in [5, 5.41) is 0.691. The van der Waals surface area contributed by atoms with E-state index in [4.69, 9.17) is 4.74 Å². The summed E-state index contributed by atoms with van der Waals surface area (Å²) in [5.41, 5.74) is 1.46. The first-order chi connectivity index (χ1) is 12.5.